The van der Waals surface area contributed by atoms with E-state index in [9.17, 15) is 4.79 Å². The van der Waals surface area contributed by atoms with Crippen molar-refractivity contribution >= 4 is 17.4 Å². The van der Waals surface area contributed by atoms with E-state index in [1.165, 1.54) is 17.6 Å². The molecule has 0 atom stereocenters. The first-order valence-corrected chi connectivity index (χ1v) is 4.32. The number of hydrogen-bond donors (Lipinski definition) is 1. The number of carbonyl (C=O) groups excluding carboxylic acids is 1. The first kappa shape index (κ1) is 8.93. The zero-order valence-corrected chi connectivity index (χ0v) is 7.65. The lowest BCUT2D eigenvalue weighted by Gasteiger charge is -1.96. The predicted molar refractivity (Wildman–Crippen MR) is 48.9 cm³/mol. The fourth-order valence-electron chi connectivity index (χ4n) is 0.746. The van der Waals surface area contributed by atoms with Gasteiger partial charge in [0.1, 0.15) is 0 Å². The van der Waals surface area contributed by atoms with E-state index in [0.29, 0.717) is 6.54 Å². The summed E-state index contributed by atoms with van der Waals surface area (Å²) in [6.07, 6.45) is 1.26. The summed E-state index contributed by atoms with van der Waals surface area (Å²) in [6.45, 7) is 5.82. The summed E-state index contributed by atoms with van der Waals surface area (Å²) in [5.74, 6) is -0.152. The molecule has 1 N–H and O–H groups in total. The van der Waals surface area contributed by atoms with Gasteiger partial charge in [0.05, 0.1) is 12.2 Å². The van der Waals surface area contributed by atoms with Crippen molar-refractivity contribution in [2.24, 2.45) is 0 Å². The Balaban J connectivity index is 2.43. The molecule has 1 aromatic rings. The lowest BCUT2D eigenvalue weighted by molar-refractivity contribution is -0.116. The second kappa shape index (κ2) is 4.01. The van der Waals surface area contributed by atoms with Gasteiger partial charge < -0.3 is 5.32 Å². The third-order valence-electron chi connectivity index (χ3n) is 1.30. The van der Waals surface area contributed by atoms with Crippen LogP contribution in [0, 0.1) is 6.92 Å². The predicted octanol–water partition coefficient (Wildman–Crippen LogP) is 1.25. The van der Waals surface area contributed by atoms with Crippen LogP contribution in [0.3, 0.4) is 0 Å². The molecule has 1 aromatic heterocycles. The van der Waals surface area contributed by atoms with Crippen LogP contribution in [-0.2, 0) is 11.3 Å². The fraction of sp³-hybridized carbons (Fsp3) is 0.250. The van der Waals surface area contributed by atoms with E-state index in [1.807, 2.05) is 13.0 Å². The number of hydrogen-bond acceptors (Lipinski definition) is 3. The molecule has 0 aliphatic rings. The monoisotopic (exact) mass is 182 g/mol. The molecule has 12 heavy (non-hydrogen) atoms. The van der Waals surface area contributed by atoms with Gasteiger partial charge in [-0.15, -0.1) is 0 Å². The van der Waals surface area contributed by atoms with Crippen LogP contribution in [0.25, 0.3) is 0 Å². The van der Waals surface area contributed by atoms with E-state index < -0.39 is 0 Å². The Labute approximate surface area is 75.3 Å². The molecule has 0 aliphatic heterocycles. The molecule has 0 unspecified atom stereocenters. The van der Waals surface area contributed by atoms with Gasteiger partial charge in [0.2, 0.25) is 5.91 Å². The average molecular weight is 182 g/mol. The highest BCUT2D eigenvalue weighted by Gasteiger charge is 1.98. The molecule has 0 saturated heterocycles. The minimum Gasteiger partial charge on any atom is -0.348 e. The van der Waals surface area contributed by atoms with E-state index in [4.69, 9.17) is 0 Å². The third-order valence-corrected chi connectivity index (χ3v) is 2.17. The fourth-order valence-corrected chi connectivity index (χ4v) is 1.42. The molecule has 0 aromatic carbocycles. The van der Waals surface area contributed by atoms with Gasteiger partial charge >= 0.3 is 0 Å². The van der Waals surface area contributed by atoms with Crippen LogP contribution in [0.15, 0.2) is 18.7 Å². The van der Waals surface area contributed by atoms with Crippen LogP contribution in [0.4, 0.5) is 0 Å². The van der Waals surface area contributed by atoms with Crippen molar-refractivity contribution in [3.63, 3.8) is 0 Å². The Hall–Kier alpha value is -1.16. The first-order chi connectivity index (χ1) is 5.72. The maximum absolute atomic E-state index is 10.7. The van der Waals surface area contributed by atoms with Crippen LogP contribution >= 0.6 is 11.5 Å². The molecule has 0 aliphatic carbocycles. The second-order valence-electron chi connectivity index (χ2n) is 2.36. The number of aryl methyl sites for hydroxylation is 1. The third kappa shape index (κ3) is 2.47. The summed E-state index contributed by atoms with van der Waals surface area (Å²) in [5.41, 5.74) is 0.989. The quantitative estimate of drug-likeness (QED) is 0.715. The molecule has 1 rings (SSSR count). The Morgan fingerprint density at radius 3 is 3.17 bits per heavy atom. The summed E-state index contributed by atoms with van der Waals surface area (Å²) < 4.78 is 4.08. The zero-order chi connectivity index (χ0) is 8.97. The van der Waals surface area contributed by atoms with Gasteiger partial charge in [0.15, 0.2) is 0 Å². The molecule has 4 heteroatoms. The van der Waals surface area contributed by atoms with Gasteiger partial charge in [-0.1, -0.05) is 6.58 Å². The summed E-state index contributed by atoms with van der Waals surface area (Å²) in [5, 5.41) is 2.68. The van der Waals surface area contributed by atoms with E-state index in [-0.39, 0.29) is 5.91 Å². The van der Waals surface area contributed by atoms with E-state index >= 15 is 0 Å². The standard InChI is InChI=1S/C8H10N2OS/c1-3-8(11)9-5-7-4-6(2)10-12-7/h3-4H,1,5H2,2H3,(H,9,11). The summed E-state index contributed by atoms with van der Waals surface area (Å²) in [6, 6.07) is 1.95. The Morgan fingerprint density at radius 1 is 1.92 bits per heavy atom. The summed E-state index contributed by atoms with van der Waals surface area (Å²) in [7, 11) is 0. The lowest BCUT2D eigenvalue weighted by atomic mass is 10.4. The van der Waals surface area contributed by atoms with Crippen LogP contribution in [0.5, 0.6) is 0 Å². The number of aromatic nitrogens is 1. The van der Waals surface area contributed by atoms with Crippen molar-refractivity contribution in [2.75, 3.05) is 0 Å². The number of nitrogens with zero attached hydrogens (tertiary/aromatic N) is 1. The molecule has 0 bridgehead atoms. The molecule has 0 radical (unpaired) electrons. The average Bonchev–Trinajstić information content (AvgIpc) is 2.47. The van der Waals surface area contributed by atoms with Gasteiger partial charge in [-0.25, -0.2) is 0 Å². The van der Waals surface area contributed by atoms with E-state index in [2.05, 4.69) is 16.3 Å². The van der Waals surface area contributed by atoms with Crippen LogP contribution in [0.1, 0.15) is 10.6 Å². The summed E-state index contributed by atoms with van der Waals surface area (Å²) >= 11 is 1.40. The lowest BCUT2D eigenvalue weighted by Crippen LogP contribution is -2.19. The highest BCUT2D eigenvalue weighted by atomic mass is 32.1. The molecule has 1 amide bonds. The topological polar surface area (TPSA) is 42.0 Å². The zero-order valence-electron chi connectivity index (χ0n) is 6.83. The largest absolute Gasteiger partial charge is 0.348 e. The highest BCUT2D eigenvalue weighted by Crippen LogP contribution is 2.07. The maximum atomic E-state index is 10.7. The number of carbonyl (C=O) groups is 1. The van der Waals surface area contributed by atoms with Crippen molar-refractivity contribution in [3.05, 3.63) is 29.3 Å². The van der Waals surface area contributed by atoms with Gasteiger partial charge in [0, 0.05) is 4.88 Å². The first-order valence-electron chi connectivity index (χ1n) is 3.55. The molecule has 0 spiro atoms. The Kier molecular flexibility index (Phi) is 2.99. The van der Waals surface area contributed by atoms with E-state index in [1.54, 1.807) is 0 Å². The molecule has 3 nitrogen and oxygen atoms in total. The number of amides is 1. The van der Waals surface area contributed by atoms with Crippen LogP contribution < -0.4 is 5.32 Å². The molecule has 1 heterocycles. The normalized spacial score (nSPS) is 9.42. The second-order valence-corrected chi connectivity index (χ2v) is 3.25. The minimum atomic E-state index is -0.152. The molecule has 64 valence electrons. The van der Waals surface area contributed by atoms with Gasteiger partial charge in [-0.3, -0.25) is 4.79 Å². The number of rotatable bonds is 3. The molecular weight excluding hydrogens is 172 g/mol. The van der Waals surface area contributed by atoms with Crippen molar-refractivity contribution < 1.29 is 4.79 Å². The van der Waals surface area contributed by atoms with Crippen molar-refractivity contribution in [3.8, 4) is 0 Å². The van der Waals surface area contributed by atoms with Crippen molar-refractivity contribution in [1.29, 1.82) is 0 Å². The summed E-state index contributed by atoms with van der Waals surface area (Å²) in [4.78, 5) is 11.8. The van der Waals surface area contributed by atoms with Gasteiger partial charge in [-0.05, 0) is 30.6 Å². The maximum Gasteiger partial charge on any atom is 0.243 e. The Bertz CT molecular complexity index is 293. The molecular formula is C8H10N2OS. The highest BCUT2D eigenvalue weighted by molar-refractivity contribution is 7.05. The van der Waals surface area contributed by atoms with Gasteiger partial charge in [0.25, 0.3) is 0 Å². The van der Waals surface area contributed by atoms with Gasteiger partial charge in [-0.2, -0.15) is 4.37 Å². The van der Waals surface area contributed by atoms with E-state index in [0.717, 1.165) is 10.6 Å². The smallest absolute Gasteiger partial charge is 0.243 e. The molecule has 0 fully saturated rings. The van der Waals surface area contributed by atoms with Crippen molar-refractivity contribution in [2.45, 2.75) is 13.5 Å². The van der Waals surface area contributed by atoms with Crippen LogP contribution in [-0.4, -0.2) is 10.3 Å². The van der Waals surface area contributed by atoms with Crippen LogP contribution in [0.2, 0.25) is 0 Å². The SMILES string of the molecule is C=CC(=O)NCc1cc(C)ns1. The Morgan fingerprint density at radius 2 is 2.67 bits per heavy atom. The number of nitrogens with one attached hydrogen (secondary N) is 1. The minimum absolute atomic E-state index is 0.152. The van der Waals surface area contributed by atoms with Crippen molar-refractivity contribution in [1.82, 2.24) is 9.69 Å². The molecule has 0 saturated carbocycles.